The summed E-state index contributed by atoms with van der Waals surface area (Å²) in [5.74, 6) is 3.13. The van der Waals surface area contributed by atoms with Gasteiger partial charge in [0, 0.05) is 37.9 Å². The van der Waals surface area contributed by atoms with E-state index in [4.69, 9.17) is 14.5 Å². The summed E-state index contributed by atoms with van der Waals surface area (Å²) in [6.07, 6.45) is 0. The fourth-order valence-electron chi connectivity index (χ4n) is 4.10. The Bertz CT molecular complexity index is 1220. The summed E-state index contributed by atoms with van der Waals surface area (Å²) in [7, 11) is 1.61. The second kappa shape index (κ2) is 8.86. The van der Waals surface area contributed by atoms with E-state index in [9.17, 15) is 4.79 Å². The third-order valence-electron chi connectivity index (χ3n) is 5.87. The topological polar surface area (TPSA) is 66.4 Å². The number of nitrogens with zero attached hydrogens (tertiary/aromatic N) is 3. The lowest BCUT2D eigenvalue weighted by Gasteiger charge is -2.36. The second-order valence-corrected chi connectivity index (χ2v) is 8.14. The van der Waals surface area contributed by atoms with Gasteiger partial charge in [-0.1, -0.05) is 29.8 Å². The average Bonchev–Trinajstić information content (AvgIpc) is 3.01. The third-order valence-corrected chi connectivity index (χ3v) is 5.87. The minimum atomic E-state index is -0.115. The number of hydrogen-bond donors (Lipinski definition) is 1. The summed E-state index contributed by atoms with van der Waals surface area (Å²) in [6.45, 7) is 4.62. The van der Waals surface area contributed by atoms with Gasteiger partial charge in [-0.3, -0.25) is 0 Å². The van der Waals surface area contributed by atoms with Crippen molar-refractivity contribution in [2.75, 3.05) is 38.6 Å². The van der Waals surface area contributed by atoms with Crippen molar-refractivity contribution in [2.45, 2.75) is 6.92 Å². The number of carbonyl (C=O) groups excluding carboxylic acids is 1. The number of ether oxygens (including phenoxy) is 2. The largest absolute Gasteiger partial charge is 0.497 e. The van der Waals surface area contributed by atoms with Gasteiger partial charge in [-0.25, -0.2) is 9.79 Å². The fraction of sp³-hybridized carbons (Fsp3) is 0.231. The number of anilines is 1. The van der Waals surface area contributed by atoms with Crippen LogP contribution in [0.15, 0.2) is 71.7 Å². The fourth-order valence-corrected chi connectivity index (χ4v) is 4.10. The molecule has 1 saturated heterocycles. The quantitative estimate of drug-likeness (QED) is 0.604. The minimum Gasteiger partial charge on any atom is -0.497 e. The molecule has 2 heterocycles. The summed E-state index contributed by atoms with van der Waals surface area (Å²) < 4.78 is 11.4. The molecule has 7 heteroatoms. The zero-order valence-corrected chi connectivity index (χ0v) is 18.7. The molecule has 2 aliphatic heterocycles. The van der Waals surface area contributed by atoms with Crippen molar-refractivity contribution in [3.05, 3.63) is 77.9 Å². The lowest BCUT2D eigenvalue weighted by molar-refractivity contribution is 0.181. The Morgan fingerprint density at radius 1 is 0.970 bits per heavy atom. The Morgan fingerprint density at radius 2 is 1.79 bits per heavy atom. The highest BCUT2D eigenvalue weighted by atomic mass is 16.5. The molecule has 0 unspecified atom stereocenters. The predicted octanol–water partition coefficient (Wildman–Crippen LogP) is 5.04. The van der Waals surface area contributed by atoms with E-state index in [0.29, 0.717) is 37.6 Å². The number of carbonyl (C=O) groups is 1. The first-order chi connectivity index (χ1) is 16.1. The van der Waals surface area contributed by atoms with E-state index in [1.165, 1.54) is 0 Å². The normalized spacial score (nSPS) is 14.9. The van der Waals surface area contributed by atoms with Gasteiger partial charge >= 0.3 is 6.03 Å². The molecule has 0 aliphatic carbocycles. The monoisotopic (exact) mass is 442 g/mol. The van der Waals surface area contributed by atoms with Gasteiger partial charge in [0.15, 0.2) is 5.75 Å². The summed E-state index contributed by atoms with van der Waals surface area (Å²) in [4.78, 5) is 21.9. The van der Waals surface area contributed by atoms with E-state index >= 15 is 0 Å². The van der Waals surface area contributed by atoms with Gasteiger partial charge in [0.1, 0.15) is 23.0 Å². The van der Waals surface area contributed by atoms with Crippen LogP contribution < -0.4 is 14.8 Å². The van der Waals surface area contributed by atoms with E-state index in [-0.39, 0.29) is 6.03 Å². The molecule has 3 aromatic rings. The molecule has 168 valence electrons. The smallest absolute Gasteiger partial charge is 0.321 e. The SMILES string of the molecule is COc1cccc(NC(=O)N2CCN(C3=Nc4ccccc4Oc4ccc(C)cc43)CC2)c1. The molecule has 0 saturated carbocycles. The number of piperazine rings is 1. The maximum absolute atomic E-state index is 12.8. The summed E-state index contributed by atoms with van der Waals surface area (Å²) in [5.41, 5.74) is 3.64. The van der Waals surface area contributed by atoms with E-state index in [1.807, 2.05) is 65.6 Å². The van der Waals surface area contributed by atoms with E-state index in [0.717, 1.165) is 34.1 Å². The molecule has 1 N–H and O–H groups in total. The van der Waals surface area contributed by atoms with Crippen molar-refractivity contribution in [2.24, 2.45) is 4.99 Å². The summed E-state index contributed by atoms with van der Waals surface area (Å²) in [5, 5.41) is 2.97. The lowest BCUT2D eigenvalue weighted by Crippen LogP contribution is -2.51. The van der Waals surface area contributed by atoms with Crippen LogP contribution in [-0.2, 0) is 0 Å². The van der Waals surface area contributed by atoms with Gasteiger partial charge in [0.05, 0.1) is 12.7 Å². The molecule has 0 bridgehead atoms. The number of methoxy groups -OCH3 is 1. The van der Waals surface area contributed by atoms with Crippen LogP contribution in [0.1, 0.15) is 11.1 Å². The second-order valence-electron chi connectivity index (χ2n) is 8.14. The number of nitrogens with one attached hydrogen (secondary N) is 1. The molecule has 5 rings (SSSR count). The molecule has 0 spiro atoms. The molecule has 2 aliphatic rings. The van der Waals surface area contributed by atoms with Crippen LogP contribution in [0, 0.1) is 6.92 Å². The summed E-state index contributed by atoms with van der Waals surface area (Å²) in [6, 6.07) is 21.2. The molecular formula is C26H26N4O3. The van der Waals surface area contributed by atoms with Gasteiger partial charge in [-0.15, -0.1) is 0 Å². The van der Waals surface area contributed by atoms with Crippen LogP contribution in [0.2, 0.25) is 0 Å². The van der Waals surface area contributed by atoms with Crippen LogP contribution >= 0.6 is 0 Å². The van der Waals surface area contributed by atoms with Crippen LogP contribution in [0.25, 0.3) is 0 Å². The maximum atomic E-state index is 12.8. The number of urea groups is 1. The number of hydrogen-bond acceptors (Lipinski definition) is 5. The number of fused-ring (bicyclic) bond motifs is 2. The Balaban J connectivity index is 1.34. The van der Waals surface area contributed by atoms with Gasteiger partial charge in [-0.05, 0) is 43.3 Å². The van der Waals surface area contributed by atoms with Gasteiger partial charge in [-0.2, -0.15) is 0 Å². The number of aliphatic imine (C=N–C) groups is 1. The number of amidine groups is 1. The molecule has 2 amide bonds. The van der Waals surface area contributed by atoms with Crippen molar-refractivity contribution >= 4 is 23.2 Å². The lowest BCUT2D eigenvalue weighted by atomic mass is 10.1. The van der Waals surface area contributed by atoms with Gasteiger partial charge in [0.2, 0.25) is 0 Å². The Hall–Kier alpha value is -4.00. The Kier molecular flexibility index (Phi) is 5.60. The summed E-state index contributed by atoms with van der Waals surface area (Å²) >= 11 is 0. The molecule has 0 radical (unpaired) electrons. The first-order valence-corrected chi connectivity index (χ1v) is 11.0. The Morgan fingerprint density at radius 3 is 2.61 bits per heavy atom. The van der Waals surface area contributed by atoms with Gasteiger partial charge < -0.3 is 24.6 Å². The molecule has 7 nitrogen and oxygen atoms in total. The van der Waals surface area contributed by atoms with Gasteiger partial charge in [0.25, 0.3) is 0 Å². The average molecular weight is 443 g/mol. The third kappa shape index (κ3) is 4.35. The number of para-hydroxylation sites is 2. The highest BCUT2D eigenvalue weighted by Crippen LogP contribution is 2.38. The zero-order chi connectivity index (χ0) is 22.8. The molecule has 0 aromatic heterocycles. The standard InChI is InChI=1S/C26H26N4O3/c1-18-10-11-23-21(16-18)25(28-22-8-3-4-9-24(22)33-23)29-12-14-30(15-13-29)26(31)27-19-6-5-7-20(17-19)32-2/h3-11,16-17H,12-15H2,1-2H3,(H,27,31). The van der Waals surface area contributed by atoms with Crippen LogP contribution in [0.3, 0.4) is 0 Å². The van der Waals surface area contributed by atoms with Crippen molar-refractivity contribution < 1.29 is 14.3 Å². The molecule has 33 heavy (non-hydrogen) atoms. The van der Waals surface area contributed by atoms with E-state index in [1.54, 1.807) is 7.11 Å². The first kappa shape index (κ1) is 20.9. The number of amides is 2. The predicted molar refractivity (Wildman–Crippen MR) is 129 cm³/mol. The van der Waals surface area contributed by atoms with Crippen molar-refractivity contribution in [3.8, 4) is 17.2 Å². The number of rotatable bonds is 2. The van der Waals surface area contributed by atoms with Crippen molar-refractivity contribution in [1.29, 1.82) is 0 Å². The van der Waals surface area contributed by atoms with Crippen molar-refractivity contribution in [3.63, 3.8) is 0 Å². The highest BCUT2D eigenvalue weighted by molar-refractivity contribution is 6.04. The molecular weight excluding hydrogens is 416 g/mol. The van der Waals surface area contributed by atoms with E-state index in [2.05, 4.69) is 23.2 Å². The number of aryl methyl sites for hydroxylation is 1. The maximum Gasteiger partial charge on any atom is 0.321 e. The molecule has 3 aromatic carbocycles. The van der Waals surface area contributed by atoms with Crippen LogP contribution in [0.5, 0.6) is 17.2 Å². The highest BCUT2D eigenvalue weighted by Gasteiger charge is 2.27. The zero-order valence-electron chi connectivity index (χ0n) is 18.7. The van der Waals surface area contributed by atoms with Crippen LogP contribution in [0.4, 0.5) is 16.2 Å². The minimum absolute atomic E-state index is 0.115. The first-order valence-electron chi connectivity index (χ1n) is 11.0. The molecule has 1 fully saturated rings. The van der Waals surface area contributed by atoms with E-state index < -0.39 is 0 Å². The van der Waals surface area contributed by atoms with Crippen molar-refractivity contribution in [1.82, 2.24) is 9.80 Å². The number of benzene rings is 3. The van der Waals surface area contributed by atoms with Crippen LogP contribution in [-0.4, -0.2) is 55.0 Å². The Labute approximate surface area is 193 Å². The molecule has 0 atom stereocenters.